The van der Waals surface area contributed by atoms with E-state index in [2.05, 4.69) is 13.8 Å². The molecule has 0 aliphatic heterocycles. The molecule has 3 rings (SSSR count). The molecule has 0 aliphatic carbocycles. The molecule has 0 N–H and O–H groups in total. The number of esters is 2. The van der Waals surface area contributed by atoms with Crippen molar-refractivity contribution in [2.75, 3.05) is 0 Å². The van der Waals surface area contributed by atoms with Crippen LogP contribution in [0.3, 0.4) is 0 Å². The largest absolute Gasteiger partial charge is 0.423 e. The molecule has 0 radical (unpaired) electrons. The van der Waals surface area contributed by atoms with E-state index in [-0.39, 0.29) is 0 Å². The van der Waals surface area contributed by atoms with Gasteiger partial charge in [0.15, 0.2) is 0 Å². The molecule has 33 heavy (non-hydrogen) atoms. The molecule has 0 fully saturated rings. The van der Waals surface area contributed by atoms with Crippen molar-refractivity contribution < 1.29 is 19.1 Å². The highest BCUT2D eigenvalue weighted by atomic mass is 16.5. The molecule has 0 bridgehead atoms. The Morgan fingerprint density at radius 1 is 0.697 bits per heavy atom. The van der Waals surface area contributed by atoms with Gasteiger partial charge in [0.1, 0.15) is 11.5 Å². The summed E-state index contributed by atoms with van der Waals surface area (Å²) in [6.45, 7) is 5.98. The van der Waals surface area contributed by atoms with Gasteiger partial charge in [-0.2, -0.15) is 0 Å². The molecule has 0 saturated carbocycles. The minimum Gasteiger partial charge on any atom is -0.423 e. The highest BCUT2D eigenvalue weighted by Gasteiger charge is 2.08. The smallest absolute Gasteiger partial charge is 0.336 e. The van der Waals surface area contributed by atoms with Gasteiger partial charge in [0.05, 0.1) is 0 Å². The fourth-order valence-electron chi connectivity index (χ4n) is 3.15. The topological polar surface area (TPSA) is 52.6 Å². The highest BCUT2D eigenvalue weighted by Crippen LogP contribution is 2.24. The second kappa shape index (κ2) is 11.6. The molecule has 3 aromatic carbocycles. The molecule has 0 amide bonds. The third-order valence-electron chi connectivity index (χ3n) is 5.18. The van der Waals surface area contributed by atoms with Crippen molar-refractivity contribution in [3.05, 3.63) is 107 Å². The number of ether oxygens (including phenoxy) is 2. The molecule has 0 aliphatic rings. The molecule has 4 heteroatoms. The van der Waals surface area contributed by atoms with Gasteiger partial charge >= 0.3 is 11.9 Å². The molecular weight excluding hydrogens is 412 g/mol. The zero-order valence-corrected chi connectivity index (χ0v) is 19.2. The summed E-state index contributed by atoms with van der Waals surface area (Å²) >= 11 is 0. The summed E-state index contributed by atoms with van der Waals surface area (Å²) in [6, 6.07) is 20.9. The molecule has 168 valence electrons. The minimum atomic E-state index is -0.476. The fraction of sp³-hybridized carbons (Fsp3) is 0.172. The Bertz CT molecular complexity index is 1150. The van der Waals surface area contributed by atoms with Crippen LogP contribution in [0.4, 0.5) is 0 Å². The number of hydrogen-bond acceptors (Lipinski definition) is 4. The lowest BCUT2D eigenvalue weighted by molar-refractivity contribution is -0.130. The predicted molar refractivity (Wildman–Crippen MR) is 132 cm³/mol. The molecule has 0 heterocycles. The zero-order chi connectivity index (χ0) is 23.6. The summed E-state index contributed by atoms with van der Waals surface area (Å²) < 4.78 is 10.8. The van der Waals surface area contributed by atoms with E-state index < -0.39 is 11.9 Å². The standard InChI is InChI=1S/C29H28O4/c1-4-22-6-10-24(11-7-22)14-18-28(30)32-26-16-17-27(21(3)20-26)33-29(31)19-15-25-12-8-23(5-2)9-13-25/h6-20H,4-5H2,1-3H3/b18-14+,19-15+. The Kier molecular flexibility index (Phi) is 8.36. The summed E-state index contributed by atoms with van der Waals surface area (Å²) in [6.07, 6.45) is 8.16. The van der Waals surface area contributed by atoms with Crippen LogP contribution in [-0.4, -0.2) is 11.9 Å². The third kappa shape index (κ3) is 7.32. The first-order chi connectivity index (χ1) is 16.0. The third-order valence-corrected chi connectivity index (χ3v) is 5.18. The van der Waals surface area contributed by atoms with E-state index in [0.717, 1.165) is 24.0 Å². The van der Waals surface area contributed by atoms with Crippen molar-refractivity contribution in [2.45, 2.75) is 33.6 Å². The van der Waals surface area contributed by atoms with Crippen molar-refractivity contribution in [2.24, 2.45) is 0 Å². The maximum Gasteiger partial charge on any atom is 0.336 e. The second-order valence-electron chi connectivity index (χ2n) is 7.63. The zero-order valence-electron chi connectivity index (χ0n) is 19.2. The van der Waals surface area contributed by atoms with Gasteiger partial charge in [-0.3, -0.25) is 0 Å². The van der Waals surface area contributed by atoms with Gasteiger partial charge < -0.3 is 9.47 Å². The van der Waals surface area contributed by atoms with E-state index in [1.165, 1.54) is 23.3 Å². The molecule has 0 aromatic heterocycles. The van der Waals surface area contributed by atoms with Crippen molar-refractivity contribution >= 4 is 24.1 Å². The van der Waals surface area contributed by atoms with E-state index >= 15 is 0 Å². The van der Waals surface area contributed by atoms with Crippen LogP contribution in [0.1, 0.15) is 41.7 Å². The van der Waals surface area contributed by atoms with Gasteiger partial charge in [0, 0.05) is 12.2 Å². The monoisotopic (exact) mass is 440 g/mol. The molecule has 4 nitrogen and oxygen atoms in total. The van der Waals surface area contributed by atoms with E-state index in [4.69, 9.17) is 9.47 Å². The summed E-state index contributed by atoms with van der Waals surface area (Å²) in [7, 11) is 0. The van der Waals surface area contributed by atoms with Gasteiger partial charge in [0.2, 0.25) is 0 Å². The Labute approximate surface area is 195 Å². The van der Waals surface area contributed by atoms with E-state index in [1.54, 1.807) is 37.3 Å². The van der Waals surface area contributed by atoms with E-state index in [0.29, 0.717) is 17.1 Å². The van der Waals surface area contributed by atoms with Gasteiger partial charge in [-0.1, -0.05) is 62.4 Å². The van der Waals surface area contributed by atoms with Gasteiger partial charge in [0.25, 0.3) is 0 Å². The van der Waals surface area contributed by atoms with Crippen molar-refractivity contribution in [1.29, 1.82) is 0 Å². The Morgan fingerprint density at radius 3 is 1.64 bits per heavy atom. The number of carbonyl (C=O) groups excluding carboxylic acids is 2. The predicted octanol–water partition coefficient (Wildman–Crippen LogP) is 6.36. The van der Waals surface area contributed by atoms with Crippen molar-refractivity contribution in [1.82, 2.24) is 0 Å². The average molecular weight is 441 g/mol. The van der Waals surface area contributed by atoms with Gasteiger partial charge in [-0.25, -0.2) is 9.59 Å². The molecule has 0 unspecified atom stereocenters. The first kappa shape index (κ1) is 23.7. The first-order valence-corrected chi connectivity index (χ1v) is 11.0. The van der Waals surface area contributed by atoms with Gasteiger partial charge in [-0.05, 0) is 77.9 Å². The average Bonchev–Trinajstić information content (AvgIpc) is 2.84. The number of hydrogen-bond donors (Lipinski definition) is 0. The minimum absolute atomic E-state index is 0.384. The lowest BCUT2D eigenvalue weighted by atomic mass is 10.1. The van der Waals surface area contributed by atoms with E-state index in [1.807, 2.05) is 48.5 Å². The molecule has 0 spiro atoms. The summed E-state index contributed by atoms with van der Waals surface area (Å²) in [4.78, 5) is 24.3. The van der Waals surface area contributed by atoms with Crippen LogP contribution in [0.5, 0.6) is 11.5 Å². The number of aryl methyl sites for hydroxylation is 3. The lowest BCUT2D eigenvalue weighted by Gasteiger charge is -2.08. The molecule has 0 atom stereocenters. The SMILES string of the molecule is CCc1ccc(/C=C/C(=O)Oc2ccc(OC(=O)/C=C/c3ccc(CC)cc3)c(C)c2)cc1. The van der Waals surface area contributed by atoms with Crippen LogP contribution in [0.25, 0.3) is 12.2 Å². The van der Waals surface area contributed by atoms with Crippen LogP contribution < -0.4 is 9.47 Å². The van der Waals surface area contributed by atoms with Crippen LogP contribution in [0, 0.1) is 6.92 Å². The molecule has 3 aromatic rings. The van der Waals surface area contributed by atoms with Crippen molar-refractivity contribution in [3.63, 3.8) is 0 Å². The quantitative estimate of drug-likeness (QED) is 0.232. The van der Waals surface area contributed by atoms with Crippen LogP contribution in [-0.2, 0) is 22.4 Å². The summed E-state index contributed by atoms with van der Waals surface area (Å²) in [5.41, 5.74) is 5.03. The Hall–Kier alpha value is -3.92. The van der Waals surface area contributed by atoms with Crippen LogP contribution in [0.2, 0.25) is 0 Å². The molecule has 0 saturated heterocycles. The summed E-state index contributed by atoms with van der Waals surface area (Å²) in [5, 5.41) is 0. The highest BCUT2D eigenvalue weighted by molar-refractivity contribution is 5.89. The van der Waals surface area contributed by atoms with E-state index in [9.17, 15) is 9.59 Å². The number of rotatable bonds is 8. The fourth-order valence-corrected chi connectivity index (χ4v) is 3.15. The number of benzene rings is 3. The van der Waals surface area contributed by atoms with Gasteiger partial charge in [-0.15, -0.1) is 0 Å². The molecular formula is C29H28O4. The Balaban J connectivity index is 1.55. The normalized spacial score (nSPS) is 11.1. The Morgan fingerprint density at radius 2 is 1.18 bits per heavy atom. The van der Waals surface area contributed by atoms with Crippen molar-refractivity contribution in [3.8, 4) is 11.5 Å². The van der Waals surface area contributed by atoms with Crippen LogP contribution in [0.15, 0.2) is 78.9 Å². The second-order valence-corrected chi connectivity index (χ2v) is 7.63. The first-order valence-electron chi connectivity index (χ1n) is 11.0. The maximum absolute atomic E-state index is 12.2. The lowest BCUT2D eigenvalue weighted by Crippen LogP contribution is -2.06. The number of carbonyl (C=O) groups is 2. The summed E-state index contributed by atoms with van der Waals surface area (Å²) in [5.74, 6) is -0.151. The van der Waals surface area contributed by atoms with Crippen LogP contribution >= 0.6 is 0 Å². The maximum atomic E-state index is 12.2.